The normalized spacial score (nSPS) is 17.6. The topological polar surface area (TPSA) is 29.3 Å². The number of rotatable bonds is 3. The van der Waals surface area contributed by atoms with Crippen LogP contribution in [0, 0.1) is 6.92 Å². The first-order valence-electron chi connectivity index (χ1n) is 5.58. The molecule has 0 unspecified atom stereocenters. The maximum atomic E-state index is 5.92. The fourth-order valence-electron chi connectivity index (χ4n) is 2.42. The molecule has 0 saturated heterocycles. The SMILES string of the molecule is Cc1cccc(N(C)C)c1C1(CN)CC1. The lowest BCUT2D eigenvalue weighted by Crippen LogP contribution is -2.24. The van der Waals surface area contributed by atoms with E-state index in [0.717, 1.165) is 6.54 Å². The second-order valence-corrected chi connectivity index (χ2v) is 4.85. The summed E-state index contributed by atoms with van der Waals surface area (Å²) in [5, 5.41) is 0. The summed E-state index contributed by atoms with van der Waals surface area (Å²) in [4.78, 5) is 2.19. The Morgan fingerprint density at radius 2 is 2.00 bits per heavy atom. The van der Waals surface area contributed by atoms with Gasteiger partial charge in [0.1, 0.15) is 0 Å². The summed E-state index contributed by atoms with van der Waals surface area (Å²) >= 11 is 0. The number of hydrogen-bond acceptors (Lipinski definition) is 2. The Labute approximate surface area is 92.1 Å². The lowest BCUT2D eigenvalue weighted by atomic mass is 9.90. The van der Waals surface area contributed by atoms with Crippen molar-refractivity contribution in [2.45, 2.75) is 25.2 Å². The van der Waals surface area contributed by atoms with E-state index in [1.165, 1.54) is 29.7 Å². The Morgan fingerprint density at radius 1 is 1.33 bits per heavy atom. The minimum Gasteiger partial charge on any atom is -0.377 e. The van der Waals surface area contributed by atoms with Gasteiger partial charge < -0.3 is 10.6 Å². The van der Waals surface area contributed by atoms with Crippen molar-refractivity contribution in [1.29, 1.82) is 0 Å². The standard InChI is InChI=1S/C13H20N2/c1-10-5-4-6-11(15(2)3)12(10)13(9-14)7-8-13/h4-6H,7-9,14H2,1-3H3. The predicted molar refractivity (Wildman–Crippen MR) is 65.5 cm³/mol. The zero-order valence-electron chi connectivity index (χ0n) is 9.88. The Balaban J connectivity index is 2.53. The molecule has 2 rings (SSSR count). The Morgan fingerprint density at radius 3 is 2.47 bits per heavy atom. The first-order chi connectivity index (χ1) is 7.10. The van der Waals surface area contributed by atoms with Gasteiger partial charge in [-0.05, 0) is 37.0 Å². The van der Waals surface area contributed by atoms with Crippen LogP contribution in [0.2, 0.25) is 0 Å². The highest BCUT2D eigenvalue weighted by Gasteiger charge is 2.45. The monoisotopic (exact) mass is 204 g/mol. The largest absolute Gasteiger partial charge is 0.377 e. The molecule has 82 valence electrons. The van der Waals surface area contributed by atoms with Crippen LogP contribution in [0.15, 0.2) is 18.2 Å². The molecule has 0 amide bonds. The maximum Gasteiger partial charge on any atom is 0.0402 e. The van der Waals surface area contributed by atoms with Gasteiger partial charge in [-0.25, -0.2) is 0 Å². The fraction of sp³-hybridized carbons (Fsp3) is 0.538. The van der Waals surface area contributed by atoms with E-state index < -0.39 is 0 Å². The van der Waals surface area contributed by atoms with Gasteiger partial charge in [0.25, 0.3) is 0 Å². The zero-order valence-corrected chi connectivity index (χ0v) is 9.88. The first-order valence-corrected chi connectivity index (χ1v) is 5.58. The van der Waals surface area contributed by atoms with Crippen LogP contribution in [0.1, 0.15) is 24.0 Å². The van der Waals surface area contributed by atoms with E-state index in [-0.39, 0.29) is 5.41 Å². The molecule has 1 aromatic carbocycles. The third-order valence-corrected chi connectivity index (χ3v) is 3.51. The number of nitrogens with two attached hydrogens (primary N) is 1. The quantitative estimate of drug-likeness (QED) is 0.816. The van der Waals surface area contributed by atoms with Gasteiger partial charge in [0, 0.05) is 31.7 Å². The molecule has 0 bridgehead atoms. The molecule has 0 atom stereocenters. The van der Waals surface area contributed by atoms with E-state index in [9.17, 15) is 0 Å². The third kappa shape index (κ3) is 1.63. The van der Waals surface area contributed by atoms with Crippen LogP contribution in [0.3, 0.4) is 0 Å². The van der Waals surface area contributed by atoms with Crippen molar-refractivity contribution in [3.05, 3.63) is 29.3 Å². The summed E-state index contributed by atoms with van der Waals surface area (Å²) in [6, 6.07) is 6.51. The number of aryl methyl sites for hydroxylation is 1. The number of benzene rings is 1. The van der Waals surface area contributed by atoms with Gasteiger partial charge in [-0.1, -0.05) is 12.1 Å². The maximum absolute atomic E-state index is 5.92. The summed E-state index contributed by atoms with van der Waals surface area (Å²) in [5.74, 6) is 0. The van der Waals surface area contributed by atoms with Crippen LogP contribution in [0.5, 0.6) is 0 Å². The molecule has 1 saturated carbocycles. The minimum absolute atomic E-state index is 0.283. The van der Waals surface area contributed by atoms with Crippen LogP contribution < -0.4 is 10.6 Å². The van der Waals surface area contributed by atoms with Gasteiger partial charge in [-0.15, -0.1) is 0 Å². The van der Waals surface area contributed by atoms with Crippen molar-refractivity contribution in [3.63, 3.8) is 0 Å². The Kier molecular flexibility index (Phi) is 2.47. The third-order valence-electron chi connectivity index (χ3n) is 3.51. The molecular weight excluding hydrogens is 184 g/mol. The molecule has 1 aliphatic rings. The molecule has 0 radical (unpaired) electrons. The average molecular weight is 204 g/mol. The van der Waals surface area contributed by atoms with Crippen molar-refractivity contribution in [1.82, 2.24) is 0 Å². The summed E-state index contributed by atoms with van der Waals surface area (Å²) in [5.41, 5.74) is 10.4. The highest BCUT2D eigenvalue weighted by molar-refractivity contribution is 5.61. The van der Waals surface area contributed by atoms with Gasteiger partial charge in [0.2, 0.25) is 0 Å². The summed E-state index contributed by atoms with van der Waals surface area (Å²) in [7, 11) is 4.20. The van der Waals surface area contributed by atoms with E-state index in [1.807, 2.05) is 0 Å². The molecule has 1 fully saturated rings. The van der Waals surface area contributed by atoms with Crippen LogP contribution in [0.4, 0.5) is 5.69 Å². The van der Waals surface area contributed by atoms with Crippen molar-refractivity contribution < 1.29 is 0 Å². The van der Waals surface area contributed by atoms with Gasteiger partial charge in [-0.2, -0.15) is 0 Å². The molecule has 0 aliphatic heterocycles. The molecule has 2 nitrogen and oxygen atoms in total. The second-order valence-electron chi connectivity index (χ2n) is 4.85. The molecule has 0 heterocycles. The Bertz CT molecular complexity index is 365. The molecule has 0 aromatic heterocycles. The molecule has 15 heavy (non-hydrogen) atoms. The van der Waals surface area contributed by atoms with Crippen LogP contribution in [-0.2, 0) is 5.41 Å². The van der Waals surface area contributed by atoms with Crippen LogP contribution in [-0.4, -0.2) is 20.6 Å². The number of anilines is 1. The van der Waals surface area contributed by atoms with E-state index in [1.54, 1.807) is 0 Å². The average Bonchev–Trinajstić information content (AvgIpc) is 2.98. The summed E-state index contributed by atoms with van der Waals surface area (Å²) < 4.78 is 0. The molecule has 2 N–H and O–H groups in total. The number of nitrogens with zero attached hydrogens (tertiary/aromatic N) is 1. The van der Waals surface area contributed by atoms with E-state index in [4.69, 9.17) is 5.73 Å². The fourth-order valence-corrected chi connectivity index (χ4v) is 2.42. The smallest absolute Gasteiger partial charge is 0.0402 e. The van der Waals surface area contributed by atoms with Gasteiger partial charge in [0.15, 0.2) is 0 Å². The lowest BCUT2D eigenvalue weighted by molar-refractivity contribution is 0.697. The highest BCUT2D eigenvalue weighted by atomic mass is 15.1. The second kappa shape index (κ2) is 3.53. The van der Waals surface area contributed by atoms with Crippen LogP contribution in [0.25, 0.3) is 0 Å². The Hall–Kier alpha value is -1.02. The van der Waals surface area contributed by atoms with Crippen molar-refractivity contribution >= 4 is 5.69 Å². The van der Waals surface area contributed by atoms with Crippen molar-refractivity contribution in [2.24, 2.45) is 5.73 Å². The molecule has 0 spiro atoms. The van der Waals surface area contributed by atoms with E-state index in [0.29, 0.717) is 0 Å². The molecular formula is C13H20N2. The minimum atomic E-state index is 0.283. The predicted octanol–water partition coefficient (Wildman–Crippen LogP) is 2.05. The van der Waals surface area contributed by atoms with Crippen molar-refractivity contribution in [3.8, 4) is 0 Å². The van der Waals surface area contributed by atoms with Crippen LogP contribution >= 0.6 is 0 Å². The molecule has 1 aromatic rings. The lowest BCUT2D eigenvalue weighted by Gasteiger charge is -2.24. The first kappa shape index (κ1) is 10.5. The van der Waals surface area contributed by atoms with Gasteiger partial charge >= 0.3 is 0 Å². The zero-order chi connectivity index (χ0) is 11.1. The highest BCUT2D eigenvalue weighted by Crippen LogP contribution is 2.51. The molecule has 1 aliphatic carbocycles. The summed E-state index contributed by atoms with van der Waals surface area (Å²) in [6.45, 7) is 2.97. The number of hydrogen-bond donors (Lipinski definition) is 1. The van der Waals surface area contributed by atoms with E-state index >= 15 is 0 Å². The summed E-state index contributed by atoms with van der Waals surface area (Å²) in [6.07, 6.45) is 2.49. The van der Waals surface area contributed by atoms with Crippen molar-refractivity contribution in [2.75, 3.05) is 25.5 Å². The van der Waals surface area contributed by atoms with E-state index in [2.05, 4.69) is 44.1 Å². The van der Waals surface area contributed by atoms with Gasteiger partial charge in [0.05, 0.1) is 0 Å². The molecule has 2 heteroatoms. The van der Waals surface area contributed by atoms with Gasteiger partial charge in [-0.3, -0.25) is 0 Å².